The molecule has 0 aromatic carbocycles. The average molecular weight is 517 g/mol. The number of nitrogens with two attached hydrogens (primary N) is 1. The lowest BCUT2D eigenvalue weighted by molar-refractivity contribution is -0.0479. The number of aliphatic hydroxyl groups is 2. The second-order valence-corrected chi connectivity index (χ2v) is 10.8. The van der Waals surface area contributed by atoms with E-state index >= 15 is 0 Å². The predicted octanol–water partition coefficient (Wildman–Crippen LogP) is -2.16. The van der Waals surface area contributed by atoms with Gasteiger partial charge in [0.15, 0.2) is 17.4 Å². The first-order valence-corrected chi connectivity index (χ1v) is 12.8. The molecule has 2 aromatic rings. The molecule has 0 bridgehead atoms. The molecule has 1 fully saturated rings. The molecular weight excluding hydrogens is 502 g/mol. The third-order valence-corrected chi connectivity index (χ3v) is 7.83. The van der Waals surface area contributed by atoms with Crippen molar-refractivity contribution in [1.82, 2.24) is 19.5 Å². The summed E-state index contributed by atoms with van der Waals surface area (Å²) in [4.78, 5) is 48.0. The van der Waals surface area contributed by atoms with Crippen LogP contribution in [0.4, 0.5) is 5.95 Å². The molecular formula is C10H15BN5O13P3-. The molecule has 32 heavy (non-hydrogen) atoms. The monoisotopic (exact) mass is 517 g/mol. The van der Waals surface area contributed by atoms with Crippen molar-refractivity contribution in [2.24, 2.45) is 0 Å². The smallest absolute Gasteiger partial charge is 0.443 e. The number of aromatic amines is 1. The van der Waals surface area contributed by atoms with Crippen LogP contribution in [0.3, 0.4) is 0 Å². The Hall–Kier alpha value is -1.46. The molecule has 0 aliphatic carbocycles. The van der Waals surface area contributed by atoms with Crippen LogP contribution < -0.4 is 11.3 Å². The van der Waals surface area contributed by atoms with Gasteiger partial charge in [-0.05, 0) is 0 Å². The van der Waals surface area contributed by atoms with E-state index in [1.54, 1.807) is 0 Å². The Morgan fingerprint density at radius 3 is 2.50 bits per heavy atom. The highest BCUT2D eigenvalue weighted by molar-refractivity contribution is 7.84. The highest BCUT2D eigenvalue weighted by atomic mass is 31.3. The minimum atomic E-state index is -5.61. The Kier molecular flexibility index (Phi) is 6.86. The van der Waals surface area contributed by atoms with Crippen LogP contribution in [0.25, 0.3) is 11.2 Å². The van der Waals surface area contributed by atoms with Crippen LogP contribution in [-0.4, -0.2) is 76.9 Å². The lowest BCUT2D eigenvalue weighted by Gasteiger charge is -2.29. The second kappa shape index (κ2) is 8.72. The molecule has 22 heteroatoms. The van der Waals surface area contributed by atoms with Crippen LogP contribution in [0.5, 0.6) is 0 Å². The van der Waals surface area contributed by atoms with Crippen LogP contribution in [-0.2, 0) is 31.6 Å². The highest BCUT2D eigenvalue weighted by Gasteiger charge is 2.45. The van der Waals surface area contributed by atoms with Crippen molar-refractivity contribution < 1.29 is 56.5 Å². The molecule has 177 valence electrons. The summed E-state index contributed by atoms with van der Waals surface area (Å²) in [6.45, 7) is -0.888. The van der Waals surface area contributed by atoms with E-state index in [1.165, 1.54) is 0 Å². The fourth-order valence-electron chi connectivity index (χ4n) is 2.72. The van der Waals surface area contributed by atoms with Gasteiger partial charge in [-0.15, -0.1) is 0 Å². The van der Waals surface area contributed by atoms with Gasteiger partial charge in [0.1, 0.15) is 18.3 Å². The number of aromatic nitrogens is 4. The first kappa shape index (κ1) is 25.2. The zero-order chi connectivity index (χ0) is 24.1. The number of aliphatic hydroxyl groups excluding tert-OH is 2. The van der Waals surface area contributed by atoms with Gasteiger partial charge in [0.05, 0.1) is 20.4 Å². The van der Waals surface area contributed by atoms with Crippen molar-refractivity contribution >= 4 is 47.8 Å². The van der Waals surface area contributed by atoms with Crippen molar-refractivity contribution in [2.75, 3.05) is 12.3 Å². The quantitative estimate of drug-likeness (QED) is 0.145. The van der Waals surface area contributed by atoms with E-state index in [9.17, 15) is 33.6 Å². The fraction of sp³-hybridized carbons (Fsp3) is 0.500. The van der Waals surface area contributed by atoms with Gasteiger partial charge in [0, 0.05) is 0 Å². The molecule has 1 aliphatic rings. The lowest BCUT2D eigenvalue weighted by atomic mass is 10.1. The number of fused-ring (bicyclic) bond motifs is 1. The van der Waals surface area contributed by atoms with Gasteiger partial charge in [-0.3, -0.25) is 14.3 Å². The molecule has 0 spiro atoms. The first-order chi connectivity index (χ1) is 14.6. The van der Waals surface area contributed by atoms with E-state index in [0.29, 0.717) is 0 Å². The molecule has 0 saturated carbocycles. The Bertz CT molecular complexity index is 1210. The number of imidazole rings is 1. The maximum absolute atomic E-state index is 12.0. The molecule has 2 aromatic heterocycles. The number of phosphoric acid groups is 2. The SMILES string of the molecule is [B-]P(=O)(OC[C@H]1O[C@@H](n2cnc3c(=O)[nH]c(N)nc32)[C@H](O)[C@@H]1O)OP(=O)(O)OP(=O)(O)O. The van der Waals surface area contributed by atoms with Gasteiger partial charge in [0.25, 0.3) is 5.56 Å². The third kappa shape index (κ3) is 5.72. The van der Waals surface area contributed by atoms with Crippen molar-refractivity contribution in [2.45, 2.75) is 24.5 Å². The van der Waals surface area contributed by atoms with Crippen molar-refractivity contribution in [1.29, 1.82) is 0 Å². The predicted molar refractivity (Wildman–Crippen MR) is 102 cm³/mol. The Morgan fingerprint density at radius 1 is 1.22 bits per heavy atom. The zero-order valence-electron chi connectivity index (χ0n) is 15.4. The number of H-pyrrole nitrogens is 1. The summed E-state index contributed by atoms with van der Waals surface area (Å²) in [5, 5.41) is 20.5. The summed E-state index contributed by atoms with van der Waals surface area (Å²) >= 11 is 0. The fourth-order valence-corrected chi connectivity index (χ4v) is 5.88. The van der Waals surface area contributed by atoms with E-state index in [4.69, 9.17) is 27.8 Å². The summed E-state index contributed by atoms with van der Waals surface area (Å²) in [5.41, 5.74) is 4.57. The number of nitrogen functional groups attached to an aromatic ring is 1. The number of rotatable bonds is 8. The maximum atomic E-state index is 12.0. The molecule has 2 unspecified atom stereocenters. The largest absolute Gasteiger partial charge is 0.485 e. The molecule has 0 amide bonds. The van der Waals surface area contributed by atoms with Crippen LogP contribution in [0, 0.1) is 0 Å². The Morgan fingerprint density at radius 2 is 1.88 bits per heavy atom. The van der Waals surface area contributed by atoms with Gasteiger partial charge in [0.2, 0.25) is 5.95 Å². The van der Waals surface area contributed by atoms with Crippen molar-refractivity contribution in [3.8, 4) is 0 Å². The Labute approximate surface area is 178 Å². The molecule has 8 N–H and O–H groups in total. The molecule has 18 nitrogen and oxygen atoms in total. The number of nitrogens with zero attached hydrogens (tertiary/aromatic N) is 3. The summed E-state index contributed by atoms with van der Waals surface area (Å²) < 4.78 is 52.6. The molecule has 3 radical (unpaired) electrons. The molecule has 1 saturated heterocycles. The van der Waals surface area contributed by atoms with E-state index in [0.717, 1.165) is 10.9 Å². The van der Waals surface area contributed by atoms with Crippen LogP contribution in [0.2, 0.25) is 0 Å². The molecule has 6 atom stereocenters. The van der Waals surface area contributed by atoms with Crippen LogP contribution in [0.1, 0.15) is 6.23 Å². The lowest BCUT2D eigenvalue weighted by Crippen LogP contribution is -2.33. The number of hydrogen-bond donors (Lipinski definition) is 7. The van der Waals surface area contributed by atoms with Crippen molar-refractivity contribution in [3.05, 3.63) is 16.7 Å². The second-order valence-electron chi connectivity index (χ2n) is 6.28. The van der Waals surface area contributed by atoms with Crippen LogP contribution in [0.15, 0.2) is 11.1 Å². The molecule has 1 aliphatic heterocycles. The normalized spacial score (nSPS) is 27.9. The topological polar surface area (TPSA) is 279 Å². The molecule has 3 rings (SSSR count). The first-order valence-electron chi connectivity index (χ1n) is 8.17. The van der Waals surface area contributed by atoms with Gasteiger partial charge in [-0.2, -0.15) is 9.29 Å². The van der Waals surface area contributed by atoms with Crippen molar-refractivity contribution in [3.63, 3.8) is 0 Å². The summed E-state index contributed by atoms with van der Waals surface area (Å²) in [7, 11) is -11.0. The number of anilines is 1. The van der Waals surface area contributed by atoms with Crippen LogP contribution >= 0.6 is 23.1 Å². The Balaban J connectivity index is 1.72. The van der Waals surface area contributed by atoms with Gasteiger partial charge < -0.3 is 52.0 Å². The average Bonchev–Trinajstić information content (AvgIpc) is 3.12. The third-order valence-electron chi connectivity index (χ3n) is 3.91. The highest BCUT2D eigenvalue weighted by Crippen LogP contribution is 2.66. The molecule has 3 heterocycles. The van der Waals surface area contributed by atoms with Gasteiger partial charge in [-0.25, -0.2) is 18.4 Å². The maximum Gasteiger partial charge on any atom is 0.485 e. The number of ether oxygens (including phenoxy) is 1. The minimum absolute atomic E-state index is 0.0901. The number of hydrogen-bond acceptors (Lipinski definition) is 13. The standard InChI is InChI=1S/C10H15BN5O13P3/c11-30(20,28-32(24,25)29-31(21,22)23)26-1-3-5(17)6(18)9(27-3)16-2-13-4-7(16)14-10(12)15-8(4)19/h2-3,5-6,9,17-18H,1H2,(H,24,25)(H2,21,22,23)(H3,12,14,15,19)/q-1/t3-,5-,6-,9-,30?/m1/s1. The van der Waals surface area contributed by atoms with E-state index < -0.39 is 59.8 Å². The number of nitrogens with one attached hydrogen (secondary N) is 1. The van der Waals surface area contributed by atoms with Gasteiger partial charge in [-0.1, -0.05) is 0 Å². The summed E-state index contributed by atoms with van der Waals surface area (Å²) in [6.07, 6.45) is -5.09. The zero-order valence-corrected chi connectivity index (χ0v) is 18.1. The van der Waals surface area contributed by atoms with E-state index in [-0.39, 0.29) is 17.1 Å². The van der Waals surface area contributed by atoms with Gasteiger partial charge >= 0.3 is 15.6 Å². The van der Waals surface area contributed by atoms with E-state index in [2.05, 4.69) is 28.1 Å². The minimum Gasteiger partial charge on any atom is -0.443 e. The summed E-state index contributed by atoms with van der Waals surface area (Å²) in [5.74, 6) is -0.260. The summed E-state index contributed by atoms with van der Waals surface area (Å²) in [6, 6.07) is 0. The van der Waals surface area contributed by atoms with E-state index in [1.807, 2.05) is 0 Å².